The van der Waals surface area contributed by atoms with E-state index in [-0.39, 0.29) is 28.3 Å². The van der Waals surface area contributed by atoms with E-state index in [9.17, 15) is 35.1 Å². The summed E-state index contributed by atoms with van der Waals surface area (Å²) in [5.74, 6) is -0.795. The van der Waals surface area contributed by atoms with Crippen molar-refractivity contribution in [2.24, 2.45) is 4.99 Å². The third-order valence-electron chi connectivity index (χ3n) is 4.27. The molecule has 0 aliphatic carbocycles. The van der Waals surface area contributed by atoms with Gasteiger partial charge in [0, 0.05) is 30.3 Å². The van der Waals surface area contributed by atoms with Crippen molar-refractivity contribution in [3.63, 3.8) is 0 Å². The van der Waals surface area contributed by atoms with E-state index in [0.29, 0.717) is 0 Å². The number of benzene rings is 3. The largest absolute Gasteiger partial charge is 0.282 e. The number of carbonyl (C=O) groups is 1. The first-order valence-corrected chi connectivity index (χ1v) is 8.88. The molecule has 0 radical (unpaired) electrons. The molecule has 0 heterocycles. The van der Waals surface area contributed by atoms with E-state index in [1.165, 1.54) is 72.8 Å². The number of nitro benzene ring substituents is 3. The average molecular weight is 435 g/mol. The molecule has 32 heavy (non-hydrogen) atoms. The highest BCUT2D eigenvalue weighted by molar-refractivity contribution is 6.18. The minimum Gasteiger partial charge on any atom is -0.268 e. The molecule has 0 saturated carbocycles. The van der Waals surface area contributed by atoms with E-state index in [2.05, 4.69) is 4.99 Å². The summed E-state index contributed by atoms with van der Waals surface area (Å²) in [4.78, 5) is 49.4. The Balaban J connectivity index is 2.03. The third kappa shape index (κ3) is 4.76. The Morgan fingerprint density at radius 2 is 1.28 bits per heavy atom. The summed E-state index contributed by atoms with van der Waals surface area (Å²) in [6.07, 6.45) is 1.08. The number of hydrogen-bond acceptors (Lipinski definition) is 8. The molecular weight excluding hydrogens is 422 g/mol. The molecule has 12 heteroatoms. The lowest BCUT2D eigenvalue weighted by atomic mass is 10.1. The maximum Gasteiger partial charge on any atom is 0.282 e. The van der Waals surface area contributed by atoms with Gasteiger partial charge in [-0.25, -0.2) is 4.99 Å². The van der Waals surface area contributed by atoms with Crippen LogP contribution in [0.2, 0.25) is 0 Å². The number of hydrogen-bond donors (Lipinski definition) is 0. The molecule has 3 rings (SSSR count). The van der Waals surface area contributed by atoms with E-state index in [0.717, 1.165) is 11.2 Å². The predicted molar refractivity (Wildman–Crippen MR) is 114 cm³/mol. The second-order valence-corrected chi connectivity index (χ2v) is 6.24. The molecule has 0 fully saturated rings. The van der Waals surface area contributed by atoms with Gasteiger partial charge in [-0.15, -0.1) is 0 Å². The Bertz CT molecular complexity index is 1220. The molecule has 3 aromatic carbocycles. The van der Waals surface area contributed by atoms with Crippen LogP contribution in [0.4, 0.5) is 28.4 Å². The lowest BCUT2D eigenvalue weighted by molar-refractivity contribution is -0.385. The molecule has 0 aliphatic heterocycles. The molecule has 0 N–H and O–H groups in total. The summed E-state index contributed by atoms with van der Waals surface area (Å²) in [5.41, 5.74) is -0.548. The zero-order valence-corrected chi connectivity index (χ0v) is 16.1. The first-order chi connectivity index (χ1) is 15.3. The number of para-hydroxylation sites is 1. The summed E-state index contributed by atoms with van der Waals surface area (Å²) in [7, 11) is 0. The quantitative estimate of drug-likeness (QED) is 0.229. The van der Waals surface area contributed by atoms with Gasteiger partial charge in [0.1, 0.15) is 11.9 Å². The molecule has 160 valence electrons. The predicted octanol–water partition coefficient (Wildman–Crippen LogP) is 4.42. The van der Waals surface area contributed by atoms with E-state index in [1.54, 1.807) is 0 Å². The Kier molecular flexibility index (Phi) is 6.25. The molecule has 12 nitrogen and oxygen atoms in total. The topological polar surface area (TPSA) is 162 Å². The zero-order valence-electron chi connectivity index (χ0n) is 16.1. The SMILES string of the molecule is O=C(c1ccccc1[N+](=O)[O-])N(C=Nc1ccc([N+](=O)[O-])cc1)c1ccc([N+](=O)[O-])cc1. The van der Waals surface area contributed by atoms with Crippen LogP contribution in [0.3, 0.4) is 0 Å². The molecular formula is C20H13N5O7. The van der Waals surface area contributed by atoms with Gasteiger partial charge in [-0.2, -0.15) is 0 Å². The molecule has 0 bridgehead atoms. The lowest BCUT2D eigenvalue weighted by Gasteiger charge is -2.17. The van der Waals surface area contributed by atoms with Crippen molar-refractivity contribution >= 4 is 40.7 Å². The summed E-state index contributed by atoms with van der Waals surface area (Å²) in [6, 6.07) is 15.4. The van der Waals surface area contributed by atoms with Gasteiger partial charge < -0.3 is 0 Å². The monoisotopic (exact) mass is 435 g/mol. The highest BCUT2D eigenvalue weighted by Crippen LogP contribution is 2.25. The van der Waals surface area contributed by atoms with E-state index < -0.39 is 26.4 Å². The van der Waals surface area contributed by atoms with E-state index in [4.69, 9.17) is 0 Å². The fraction of sp³-hybridized carbons (Fsp3) is 0. The Morgan fingerprint density at radius 1 is 0.750 bits per heavy atom. The smallest absolute Gasteiger partial charge is 0.268 e. The van der Waals surface area contributed by atoms with E-state index in [1.807, 2.05) is 0 Å². The van der Waals surface area contributed by atoms with Gasteiger partial charge in [0.25, 0.3) is 23.0 Å². The standard InChI is InChI=1S/C20H13N5O7/c26-20(18-3-1-2-4-19(18)25(31)32)22(15-9-11-17(12-10-15)24(29)30)13-21-14-5-7-16(8-6-14)23(27)28/h1-13H. The molecule has 0 saturated heterocycles. The first kappa shape index (κ1) is 21.7. The fourth-order valence-electron chi connectivity index (χ4n) is 2.70. The molecule has 0 aliphatic rings. The van der Waals surface area contributed by atoms with Crippen LogP contribution in [-0.2, 0) is 0 Å². The van der Waals surface area contributed by atoms with Crippen LogP contribution < -0.4 is 4.90 Å². The summed E-state index contributed by atoms with van der Waals surface area (Å²) in [5, 5.41) is 33.0. The fourth-order valence-corrected chi connectivity index (χ4v) is 2.70. The minimum atomic E-state index is -0.795. The van der Waals surface area contributed by atoms with Gasteiger partial charge in [-0.05, 0) is 30.3 Å². The summed E-state index contributed by atoms with van der Waals surface area (Å²) in [6.45, 7) is 0. The number of anilines is 1. The van der Waals surface area contributed by atoms with Crippen molar-refractivity contribution in [1.29, 1.82) is 0 Å². The van der Waals surface area contributed by atoms with Crippen molar-refractivity contribution in [2.75, 3.05) is 4.90 Å². The van der Waals surface area contributed by atoms with Crippen LogP contribution in [-0.4, -0.2) is 27.0 Å². The van der Waals surface area contributed by atoms with Crippen molar-refractivity contribution in [3.05, 3.63) is 109 Å². The van der Waals surface area contributed by atoms with Crippen LogP contribution in [0.1, 0.15) is 10.4 Å². The molecule has 3 aromatic rings. The van der Waals surface area contributed by atoms with E-state index >= 15 is 0 Å². The van der Waals surface area contributed by atoms with Crippen molar-refractivity contribution < 1.29 is 19.6 Å². The number of amides is 1. The lowest BCUT2D eigenvalue weighted by Crippen LogP contribution is -2.30. The zero-order chi connectivity index (χ0) is 23.3. The number of non-ortho nitro benzene ring substituents is 2. The average Bonchev–Trinajstić information content (AvgIpc) is 2.79. The van der Waals surface area contributed by atoms with Gasteiger partial charge in [-0.1, -0.05) is 12.1 Å². The van der Waals surface area contributed by atoms with Gasteiger partial charge >= 0.3 is 0 Å². The Labute approximate surface area is 179 Å². The second kappa shape index (κ2) is 9.21. The van der Waals surface area contributed by atoms with Gasteiger partial charge in [0.2, 0.25) is 0 Å². The number of nitro groups is 3. The highest BCUT2D eigenvalue weighted by atomic mass is 16.6. The van der Waals surface area contributed by atoms with Crippen molar-refractivity contribution in [1.82, 2.24) is 0 Å². The van der Waals surface area contributed by atoms with Crippen LogP contribution in [0, 0.1) is 30.3 Å². The van der Waals surface area contributed by atoms with Gasteiger partial charge in [0.05, 0.1) is 26.1 Å². The summed E-state index contributed by atoms with van der Waals surface area (Å²) >= 11 is 0. The molecule has 0 aromatic heterocycles. The molecule has 1 amide bonds. The molecule has 0 spiro atoms. The Morgan fingerprint density at radius 3 is 1.81 bits per heavy atom. The second-order valence-electron chi connectivity index (χ2n) is 6.24. The highest BCUT2D eigenvalue weighted by Gasteiger charge is 2.25. The maximum atomic E-state index is 13.2. The van der Waals surface area contributed by atoms with Crippen molar-refractivity contribution in [2.45, 2.75) is 0 Å². The van der Waals surface area contributed by atoms with Crippen molar-refractivity contribution in [3.8, 4) is 0 Å². The minimum absolute atomic E-state index is 0.146. The van der Waals surface area contributed by atoms with Crippen LogP contribution in [0.5, 0.6) is 0 Å². The first-order valence-electron chi connectivity index (χ1n) is 8.88. The summed E-state index contributed by atoms with van der Waals surface area (Å²) < 4.78 is 0. The number of rotatable bonds is 7. The van der Waals surface area contributed by atoms with Crippen LogP contribution in [0.15, 0.2) is 77.8 Å². The van der Waals surface area contributed by atoms with Crippen LogP contribution >= 0.6 is 0 Å². The Hall–Kier alpha value is -5.00. The maximum absolute atomic E-state index is 13.2. The normalized spacial score (nSPS) is 10.6. The van der Waals surface area contributed by atoms with Gasteiger partial charge in [0.15, 0.2) is 0 Å². The van der Waals surface area contributed by atoms with Gasteiger partial charge in [-0.3, -0.25) is 40.0 Å². The number of aliphatic imine (C=N–C) groups is 1. The number of carbonyl (C=O) groups excluding carboxylic acids is 1. The number of nitrogens with zero attached hydrogens (tertiary/aromatic N) is 5. The molecule has 0 unspecified atom stereocenters. The molecule has 0 atom stereocenters. The van der Waals surface area contributed by atoms with Crippen LogP contribution in [0.25, 0.3) is 0 Å². The third-order valence-corrected chi connectivity index (χ3v) is 4.27.